The first kappa shape index (κ1) is 11.5. The Kier molecular flexibility index (Phi) is 2.66. The topological polar surface area (TPSA) is 13.0 Å². The Labute approximate surface area is 119 Å². The summed E-state index contributed by atoms with van der Waals surface area (Å²) in [5.74, 6) is 0. The Balaban J connectivity index is 1.34. The van der Waals surface area contributed by atoms with Crippen LogP contribution in [0, 0.1) is 13.3 Å². The van der Waals surface area contributed by atoms with Crippen LogP contribution in [0.5, 0.6) is 0 Å². The fourth-order valence-electron chi connectivity index (χ4n) is 2.40. The highest BCUT2D eigenvalue weighted by molar-refractivity contribution is 5.33. The predicted molar refractivity (Wildman–Crippen MR) is 76.3 cm³/mol. The summed E-state index contributed by atoms with van der Waals surface area (Å²) in [6.07, 6.45) is 20.5. The quantitative estimate of drug-likeness (QED) is 0.772. The molecule has 0 aromatic heterocycles. The molecule has 0 aromatic carbocycles. The number of nitrogens with zero attached hydrogens (tertiary/aromatic N) is 4. The van der Waals surface area contributed by atoms with Crippen LogP contribution >= 0.6 is 0 Å². The van der Waals surface area contributed by atoms with Crippen LogP contribution in [0.15, 0.2) is 72.7 Å². The molecule has 20 heavy (non-hydrogen) atoms. The third kappa shape index (κ3) is 2.03. The molecule has 0 amide bonds. The minimum absolute atomic E-state index is 0.875. The number of hydrogen-bond acceptors (Lipinski definition) is 4. The molecule has 0 atom stereocenters. The molecule has 0 saturated heterocycles. The zero-order chi connectivity index (χ0) is 13.4. The van der Waals surface area contributed by atoms with Crippen molar-refractivity contribution in [2.24, 2.45) is 0 Å². The van der Waals surface area contributed by atoms with Gasteiger partial charge in [0.25, 0.3) is 0 Å². The molecule has 0 aliphatic carbocycles. The summed E-state index contributed by atoms with van der Waals surface area (Å²) in [5.41, 5.74) is 2.31. The third-order valence-electron chi connectivity index (χ3n) is 3.41. The van der Waals surface area contributed by atoms with Gasteiger partial charge in [0.2, 0.25) is 13.3 Å². The van der Waals surface area contributed by atoms with Crippen molar-refractivity contribution < 1.29 is 0 Å². The fourth-order valence-corrected chi connectivity index (χ4v) is 2.40. The van der Waals surface area contributed by atoms with E-state index in [1.807, 2.05) is 46.5 Å². The van der Waals surface area contributed by atoms with Crippen LogP contribution < -0.4 is 0 Å². The highest BCUT2D eigenvalue weighted by Gasteiger charge is 2.23. The normalized spacial score (nSPS) is 22.4. The lowest BCUT2D eigenvalue weighted by Crippen LogP contribution is -2.27. The maximum atomic E-state index is 3.30. The first-order chi connectivity index (χ1) is 9.88. The lowest BCUT2D eigenvalue weighted by Gasteiger charge is -2.21. The van der Waals surface area contributed by atoms with E-state index in [0.29, 0.717) is 0 Å². The Morgan fingerprint density at radius 3 is 1.65 bits per heavy atom. The minimum Gasteiger partial charge on any atom is -0.344 e. The number of fused-ring (bicyclic) bond motifs is 2. The summed E-state index contributed by atoms with van der Waals surface area (Å²) in [5, 5.41) is 0. The molecule has 4 aliphatic heterocycles. The molecule has 4 rings (SSSR count). The zero-order valence-corrected chi connectivity index (χ0v) is 11.0. The standard InChI is InChI=1S/C16H14N4/c1-3-7-19-13-17(11-15(19)5-1)9-10-18-12-16-6-2-4-8-20(16)14-18/h1-8,11-12H,9-10H2. The van der Waals surface area contributed by atoms with Crippen LogP contribution in [-0.4, -0.2) is 32.7 Å². The summed E-state index contributed by atoms with van der Waals surface area (Å²) in [6, 6.07) is 0. The Morgan fingerprint density at radius 2 is 1.20 bits per heavy atom. The minimum atomic E-state index is 0.875. The van der Waals surface area contributed by atoms with Crippen LogP contribution in [0.4, 0.5) is 0 Å². The van der Waals surface area contributed by atoms with Gasteiger partial charge < -0.3 is 19.6 Å². The van der Waals surface area contributed by atoms with Gasteiger partial charge in [0.1, 0.15) is 0 Å². The van der Waals surface area contributed by atoms with E-state index in [1.54, 1.807) is 0 Å². The summed E-state index contributed by atoms with van der Waals surface area (Å²) in [4.78, 5) is 8.17. The molecule has 0 saturated carbocycles. The smallest absolute Gasteiger partial charge is 0.212 e. The van der Waals surface area contributed by atoms with Gasteiger partial charge in [0, 0.05) is 37.9 Å². The SMILES string of the molecule is [C]1N(CCN2[C]N3C=CC=CC3=C2)C=C2C=CC=CN12. The molecule has 98 valence electrons. The van der Waals surface area contributed by atoms with Crippen molar-refractivity contribution in [3.8, 4) is 0 Å². The molecular formula is C16H14N4. The molecule has 0 spiro atoms. The van der Waals surface area contributed by atoms with Crippen molar-refractivity contribution in [2.45, 2.75) is 0 Å². The summed E-state index contributed by atoms with van der Waals surface area (Å²) >= 11 is 0. The van der Waals surface area contributed by atoms with Crippen LogP contribution in [0.3, 0.4) is 0 Å². The average molecular weight is 262 g/mol. The Bertz CT molecular complexity index is 527. The maximum absolute atomic E-state index is 3.30. The van der Waals surface area contributed by atoms with Crippen molar-refractivity contribution in [3.05, 3.63) is 86.0 Å². The average Bonchev–Trinajstić information content (AvgIpc) is 3.07. The second-order valence-corrected chi connectivity index (χ2v) is 4.84. The van der Waals surface area contributed by atoms with Crippen LogP contribution in [0.1, 0.15) is 0 Å². The van der Waals surface area contributed by atoms with E-state index in [1.165, 1.54) is 0 Å². The van der Waals surface area contributed by atoms with Gasteiger partial charge in [-0.2, -0.15) is 0 Å². The second kappa shape index (κ2) is 4.63. The Morgan fingerprint density at radius 1 is 0.700 bits per heavy atom. The number of hydrogen-bond donors (Lipinski definition) is 0. The van der Waals surface area contributed by atoms with E-state index in [2.05, 4.69) is 47.7 Å². The second-order valence-electron chi connectivity index (χ2n) is 4.84. The van der Waals surface area contributed by atoms with Gasteiger partial charge in [0.15, 0.2) is 0 Å². The first-order valence-electron chi connectivity index (χ1n) is 6.66. The number of allylic oxidation sites excluding steroid dienone is 6. The van der Waals surface area contributed by atoms with E-state index >= 15 is 0 Å². The van der Waals surface area contributed by atoms with Gasteiger partial charge in [-0.15, -0.1) is 0 Å². The Hall–Kier alpha value is -2.36. The van der Waals surface area contributed by atoms with Crippen molar-refractivity contribution in [3.63, 3.8) is 0 Å². The lowest BCUT2D eigenvalue weighted by atomic mass is 10.3. The molecule has 0 N–H and O–H groups in total. The van der Waals surface area contributed by atoms with Gasteiger partial charge in [0.05, 0.1) is 11.4 Å². The third-order valence-corrected chi connectivity index (χ3v) is 3.41. The first-order valence-corrected chi connectivity index (χ1v) is 6.66. The van der Waals surface area contributed by atoms with E-state index in [9.17, 15) is 0 Å². The number of rotatable bonds is 3. The van der Waals surface area contributed by atoms with Gasteiger partial charge >= 0.3 is 0 Å². The fraction of sp³-hybridized carbons (Fsp3) is 0.125. The molecule has 0 unspecified atom stereocenters. The molecular weight excluding hydrogens is 248 g/mol. The van der Waals surface area contributed by atoms with Gasteiger partial charge in [-0.25, -0.2) is 0 Å². The molecule has 4 heteroatoms. The summed E-state index contributed by atoms with van der Waals surface area (Å²) < 4.78 is 0. The largest absolute Gasteiger partial charge is 0.344 e. The molecule has 0 bridgehead atoms. The van der Waals surface area contributed by atoms with Crippen LogP contribution in [0.2, 0.25) is 0 Å². The molecule has 4 aliphatic rings. The maximum Gasteiger partial charge on any atom is 0.212 e. The van der Waals surface area contributed by atoms with Gasteiger partial charge in [-0.05, 0) is 24.3 Å². The molecule has 0 fully saturated rings. The predicted octanol–water partition coefficient (Wildman–Crippen LogP) is 2.06. The van der Waals surface area contributed by atoms with Crippen molar-refractivity contribution in [2.75, 3.05) is 13.1 Å². The monoisotopic (exact) mass is 262 g/mol. The van der Waals surface area contributed by atoms with Gasteiger partial charge in [-0.1, -0.05) is 12.2 Å². The van der Waals surface area contributed by atoms with E-state index < -0.39 is 0 Å². The van der Waals surface area contributed by atoms with E-state index in [-0.39, 0.29) is 0 Å². The van der Waals surface area contributed by atoms with Crippen molar-refractivity contribution in [1.29, 1.82) is 0 Å². The highest BCUT2D eigenvalue weighted by Crippen LogP contribution is 2.25. The van der Waals surface area contributed by atoms with Crippen molar-refractivity contribution in [1.82, 2.24) is 19.6 Å². The lowest BCUT2D eigenvalue weighted by molar-refractivity contribution is 0.323. The molecule has 4 heterocycles. The summed E-state index contributed by atoms with van der Waals surface area (Å²) in [6.45, 7) is 8.35. The zero-order valence-electron chi connectivity index (χ0n) is 11.0. The van der Waals surface area contributed by atoms with E-state index in [4.69, 9.17) is 0 Å². The highest BCUT2D eigenvalue weighted by atomic mass is 15.4. The van der Waals surface area contributed by atoms with Crippen LogP contribution in [0.25, 0.3) is 0 Å². The van der Waals surface area contributed by atoms with E-state index in [0.717, 1.165) is 24.5 Å². The molecule has 4 nitrogen and oxygen atoms in total. The molecule has 0 aromatic rings. The summed E-state index contributed by atoms with van der Waals surface area (Å²) in [7, 11) is 0. The van der Waals surface area contributed by atoms with Crippen LogP contribution in [-0.2, 0) is 0 Å². The van der Waals surface area contributed by atoms with Gasteiger partial charge in [-0.3, -0.25) is 0 Å². The van der Waals surface area contributed by atoms with Crippen molar-refractivity contribution >= 4 is 0 Å². The molecule has 4 radical (unpaired) electrons.